The number of ether oxygens (including phenoxy) is 3. The molecule has 3 aromatic rings. The Morgan fingerprint density at radius 3 is 2.20 bits per heavy atom. The van der Waals surface area contributed by atoms with Crippen LogP contribution in [0.15, 0.2) is 30.6 Å². The molecule has 3 heterocycles. The highest BCUT2D eigenvalue weighted by Crippen LogP contribution is 2.46. The maximum Gasteiger partial charge on any atom is 0.472 e. The zero-order valence-electron chi connectivity index (χ0n) is 35.9. The molecule has 1 saturated heterocycles. The second kappa shape index (κ2) is 25.8. The molecule has 0 spiro atoms. The van der Waals surface area contributed by atoms with Gasteiger partial charge in [-0.25, -0.2) is 18.5 Å². The van der Waals surface area contributed by atoms with Gasteiger partial charge >= 0.3 is 7.82 Å². The highest BCUT2D eigenvalue weighted by Gasteiger charge is 2.54. The summed E-state index contributed by atoms with van der Waals surface area (Å²) in [7, 11) is -4.76. The van der Waals surface area contributed by atoms with Crippen molar-refractivity contribution in [2.24, 2.45) is 0 Å². The minimum Gasteiger partial charge on any atom is -0.387 e. The highest BCUT2D eigenvalue weighted by molar-refractivity contribution is 7.47. The van der Waals surface area contributed by atoms with E-state index in [1.165, 1.54) is 100 Å². The number of halogens is 1. The molecule has 4 rings (SSSR count). The molecule has 0 bridgehead atoms. The van der Waals surface area contributed by atoms with Gasteiger partial charge in [0.15, 0.2) is 5.82 Å². The zero-order valence-corrected chi connectivity index (χ0v) is 36.8. The van der Waals surface area contributed by atoms with Crippen molar-refractivity contribution < 1.29 is 47.3 Å². The average Bonchev–Trinajstić information content (AvgIpc) is 3.77. The van der Waals surface area contributed by atoms with Gasteiger partial charge in [-0.1, -0.05) is 117 Å². The molecule has 2 aromatic heterocycles. The molecular weight excluding hydrogens is 792 g/mol. The fraction of sp³-hybridized carbons (Fsp3) is 0.705. The fourth-order valence-corrected chi connectivity index (χ4v) is 8.51. The Labute approximate surface area is 355 Å². The number of hydrogen-bond acceptors (Lipinski definition) is 12. The first-order chi connectivity index (χ1) is 28.9. The number of fused-ring (bicyclic) bond motifs is 1. The Hall–Kier alpha value is -3.03. The number of rotatable bonds is 31. The van der Waals surface area contributed by atoms with Gasteiger partial charge in [0.2, 0.25) is 0 Å². The normalized spacial score (nSPS) is 20.7. The number of aliphatic hydroxyl groups is 2. The van der Waals surface area contributed by atoms with Crippen LogP contribution in [0.4, 0.5) is 10.2 Å². The topological polar surface area (TPSA) is 204 Å². The van der Waals surface area contributed by atoms with Crippen LogP contribution in [-0.2, 0) is 46.5 Å². The molecule has 14 nitrogen and oxygen atoms in total. The molecule has 1 fully saturated rings. The van der Waals surface area contributed by atoms with Gasteiger partial charge < -0.3 is 35.1 Å². The van der Waals surface area contributed by atoms with E-state index in [9.17, 15) is 29.3 Å². The third-order valence-electron chi connectivity index (χ3n) is 11.3. The van der Waals surface area contributed by atoms with Crippen LogP contribution in [-0.4, -0.2) is 80.5 Å². The van der Waals surface area contributed by atoms with Gasteiger partial charge in [-0.2, -0.15) is 10.4 Å². The molecular formula is C44H69FN5O9P. The largest absolute Gasteiger partial charge is 0.472 e. The van der Waals surface area contributed by atoms with Crippen molar-refractivity contribution in [3.05, 3.63) is 58.8 Å². The maximum atomic E-state index is 14.9. The first kappa shape index (κ1) is 49.6. The van der Waals surface area contributed by atoms with Crippen LogP contribution in [0.2, 0.25) is 0 Å². The lowest BCUT2D eigenvalue weighted by atomic mass is 9.93. The van der Waals surface area contributed by atoms with Crippen molar-refractivity contribution in [1.82, 2.24) is 14.6 Å². The number of unbranched alkanes of at least 4 members (excludes halogenated alkanes) is 15. The van der Waals surface area contributed by atoms with E-state index in [1.54, 1.807) is 25.1 Å². The first-order valence-electron chi connectivity index (χ1n) is 22.1. The summed E-state index contributed by atoms with van der Waals surface area (Å²) in [5.41, 5.74) is 6.34. The van der Waals surface area contributed by atoms with E-state index in [2.05, 4.69) is 23.1 Å². The molecule has 0 radical (unpaired) electrons. The SMILES string of the molecule is CCCCCCCCCCCCCCCCCCOC[C@H](COP(=O)(O)OC[C@H]1O[C@@](C)(c2ccc3c(N)ncnn23)[C@H](O)[C@@H]1O)OCc1cc(F)c(CCC)c(C#N)c1. The standard InChI is InChI=1S/C44H69FN5O9P/c1-4-6-7-8-9-10-11-12-13-14-15-16-17-18-19-20-24-55-29-35(56-28-33-25-34(27-46)36(21-5-2)37(45)26-33)30-57-60(53,54)58-31-39-41(51)42(52)44(3,59-39)40-23-22-38-43(47)48-32-49-50(38)40/h22-23,25-26,32,35,39,41-42,51-52H,4-21,24,28-31H2,1-3H3,(H,53,54)(H2,47,48,49)/t35-,39-,41-,42-,44+/m1/s1. The number of anilines is 1. The van der Waals surface area contributed by atoms with Crippen molar-refractivity contribution in [2.45, 2.75) is 173 Å². The Bertz CT molecular complexity index is 1810. The number of hydrogen-bond donors (Lipinski definition) is 4. The van der Waals surface area contributed by atoms with Gasteiger partial charge in [0.1, 0.15) is 47.7 Å². The smallest absolute Gasteiger partial charge is 0.387 e. The summed E-state index contributed by atoms with van der Waals surface area (Å²) in [4.78, 5) is 14.6. The number of aliphatic hydroxyl groups excluding tert-OH is 2. The van der Waals surface area contributed by atoms with Crippen molar-refractivity contribution >= 4 is 19.2 Å². The van der Waals surface area contributed by atoms with Gasteiger partial charge in [0.25, 0.3) is 0 Å². The zero-order chi connectivity index (χ0) is 43.4. The second-order valence-corrected chi connectivity index (χ2v) is 17.7. The number of phosphoric acid groups is 1. The molecule has 1 unspecified atom stereocenters. The minimum atomic E-state index is -4.76. The predicted molar refractivity (Wildman–Crippen MR) is 227 cm³/mol. The summed E-state index contributed by atoms with van der Waals surface area (Å²) < 4.78 is 58.0. The molecule has 6 atom stereocenters. The number of phosphoric ester groups is 1. The highest BCUT2D eigenvalue weighted by atomic mass is 31.2. The fourth-order valence-electron chi connectivity index (χ4n) is 7.74. The number of benzene rings is 1. The van der Waals surface area contributed by atoms with Crippen molar-refractivity contribution in [2.75, 3.05) is 32.2 Å². The summed E-state index contributed by atoms with van der Waals surface area (Å²) in [6.45, 7) is 5.09. The first-order valence-corrected chi connectivity index (χ1v) is 23.6. The summed E-state index contributed by atoms with van der Waals surface area (Å²) in [6, 6.07) is 8.26. The van der Waals surface area contributed by atoms with Gasteiger partial charge in [0, 0.05) is 12.2 Å². The minimum absolute atomic E-state index is 0.0224. The average molecular weight is 862 g/mol. The maximum absolute atomic E-state index is 14.9. The van der Waals surface area contributed by atoms with E-state index in [0.29, 0.717) is 41.8 Å². The van der Waals surface area contributed by atoms with Gasteiger partial charge in [0.05, 0.1) is 43.8 Å². The molecule has 1 aromatic carbocycles. The molecule has 0 amide bonds. The van der Waals surface area contributed by atoms with Crippen molar-refractivity contribution in [1.29, 1.82) is 5.26 Å². The summed E-state index contributed by atoms with van der Waals surface area (Å²) in [5, 5.41) is 35.7. The lowest BCUT2D eigenvalue weighted by molar-refractivity contribution is -0.0901. The van der Waals surface area contributed by atoms with Gasteiger partial charge in [-0.05, 0) is 49.6 Å². The van der Waals surface area contributed by atoms with Crippen molar-refractivity contribution in [3.63, 3.8) is 0 Å². The number of nitrogen functional groups attached to an aromatic ring is 1. The van der Waals surface area contributed by atoms with Crippen LogP contribution in [0, 0.1) is 17.1 Å². The van der Waals surface area contributed by atoms with Gasteiger partial charge in [-0.15, -0.1) is 0 Å². The Morgan fingerprint density at radius 2 is 1.58 bits per heavy atom. The summed E-state index contributed by atoms with van der Waals surface area (Å²) in [5.74, 6) is -0.279. The summed E-state index contributed by atoms with van der Waals surface area (Å²) >= 11 is 0. The summed E-state index contributed by atoms with van der Waals surface area (Å²) in [6.07, 6.45) is 17.6. The van der Waals surface area contributed by atoms with E-state index < -0.39 is 56.9 Å². The Morgan fingerprint density at radius 1 is 0.950 bits per heavy atom. The number of aromatic nitrogens is 3. The van der Waals surface area contributed by atoms with E-state index in [0.717, 1.165) is 19.3 Å². The van der Waals surface area contributed by atoms with Crippen LogP contribution in [0.1, 0.15) is 152 Å². The van der Waals surface area contributed by atoms with E-state index in [-0.39, 0.29) is 24.6 Å². The molecule has 5 N–H and O–H groups in total. The number of nitrogens with two attached hydrogens (primary N) is 1. The molecule has 60 heavy (non-hydrogen) atoms. The van der Waals surface area contributed by atoms with Crippen LogP contribution in [0.5, 0.6) is 0 Å². The Kier molecular flexibility index (Phi) is 21.3. The van der Waals surface area contributed by atoms with E-state index in [4.69, 9.17) is 29.0 Å². The van der Waals surface area contributed by atoms with E-state index in [1.807, 2.05) is 6.92 Å². The third-order valence-corrected chi connectivity index (χ3v) is 12.2. The van der Waals surface area contributed by atoms with Crippen molar-refractivity contribution in [3.8, 4) is 6.07 Å². The molecule has 1 aliphatic heterocycles. The number of nitriles is 1. The predicted octanol–water partition coefficient (Wildman–Crippen LogP) is 8.61. The number of nitrogens with zero attached hydrogens (tertiary/aromatic N) is 4. The lowest BCUT2D eigenvalue weighted by Crippen LogP contribution is -2.39. The molecule has 0 aliphatic carbocycles. The molecule has 16 heteroatoms. The van der Waals surface area contributed by atoms with Crippen LogP contribution < -0.4 is 5.73 Å². The van der Waals surface area contributed by atoms with Crippen LogP contribution in [0.25, 0.3) is 5.52 Å². The van der Waals surface area contributed by atoms with Crippen LogP contribution in [0.3, 0.4) is 0 Å². The monoisotopic (exact) mass is 861 g/mol. The van der Waals surface area contributed by atoms with Crippen LogP contribution >= 0.6 is 7.82 Å². The van der Waals surface area contributed by atoms with Gasteiger partial charge in [-0.3, -0.25) is 9.05 Å². The Balaban J connectivity index is 1.22. The molecule has 1 aliphatic rings. The third kappa shape index (κ3) is 15.1. The lowest BCUT2D eigenvalue weighted by Gasteiger charge is -2.27. The molecule has 0 saturated carbocycles. The second-order valence-electron chi connectivity index (χ2n) is 16.2. The quantitative estimate of drug-likeness (QED) is 0.0354. The molecule has 336 valence electrons. The van der Waals surface area contributed by atoms with E-state index >= 15 is 0 Å².